The Morgan fingerprint density at radius 3 is 2.70 bits per heavy atom. The van der Waals surface area contributed by atoms with Crippen LogP contribution in [0.2, 0.25) is 5.02 Å². The molecule has 1 aromatic carbocycles. The van der Waals surface area contributed by atoms with Crippen LogP contribution < -0.4 is 0 Å². The number of nitrogens with zero attached hydrogens (tertiary/aromatic N) is 2. The minimum Gasteiger partial charge on any atom is -0.465 e. The number of hydrogen-bond donors (Lipinski definition) is 1. The summed E-state index contributed by atoms with van der Waals surface area (Å²) in [5.41, 5.74) is 1.48. The third-order valence-electron chi connectivity index (χ3n) is 6.76. The van der Waals surface area contributed by atoms with Crippen molar-refractivity contribution in [1.82, 2.24) is 9.80 Å². The van der Waals surface area contributed by atoms with Gasteiger partial charge in [0.15, 0.2) is 0 Å². The summed E-state index contributed by atoms with van der Waals surface area (Å²) in [6, 6.07) is 11.8. The topological polar surface area (TPSA) is 39.9 Å². The first kappa shape index (κ1) is 21.6. The van der Waals surface area contributed by atoms with E-state index in [0.717, 1.165) is 68.3 Å². The van der Waals surface area contributed by atoms with Crippen LogP contribution >= 0.6 is 11.6 Å². The van der Waals surface area contributed by atoms with Crippen LogP contribution in [0.3, 0.4) is 0 Å². The second-order valence-electron chi connectivity index (χ2n) is 9.06. The molecule has 1 aromatic heterocycles. The van der Waals surface area contributed by atoms with Crippen LogP contribution in [0.25, 0.3) is 6.08 Å². The van der Waals surface area contributed by atoms with Crippen LogP contribution in [-0.4, -0.2) is 60.3 Å². The molecule has 2 heterocycles. The van der Waals surface area contributed by atoms with Crippen LogP contribution in [0, 0.1) is 5.92 Å². The van der Waals surface area contributed by atoms with E-state index in [9.17, 15) is 5.11 Å². The van der Waals surface area contributed by atoms with Crippen LogP contribution in [0.5, 0.6) is 0 Å². The Bertz CT molecular complexity index is 843. The van der Waals surface area contributed by atoms with Gasteiger partial charge in [-0.3, -0.25) is 0 Å². The van der Waals surface area contributed by atoms with E-state index >= 15 is 0 Å². The van der Waals surface area contributed by atoms with Crippen molar-refractivity contribution < 1.29 is 9.52 Å². The lowest BCUT2D eigenvalue weighted by Crippen LogP contribution is -2.50. The van der Waals surface area contributed by atoms with Gasteiger partial charge in [0.2, 0.25) is 0 Å². The highest BCUT2D eigenvalue weighted by Crippen LogP contribution is 2.40. The minimum atomic E-state index is -0.816. The number of likely N-dealkylation sites (N-methyl/N-ethyl adjacent to an activating group) is 1. The Hall–Kier alpha value is -1.59. The highest BCUT2D eigenvalue weighted by Gasteiger charge is 2.40. The predicted molar refractivity (Wildman–Crippen MR) is 123 cm³/mol. The Labute approximate surface area is 185 Å². The molecule has 1 N–H and O–H groups in total. The van der Waals surface area contributed by atoms with Crippen LogP contribution in [0.1, 0.15) is 37.0 Å². The molecule has 2 aliphatic rings. The van der Waals surface area contributed by atoms with E-state index in [1.54, 1.807) is 6.26 Å². The van der Waals surface area contributed by atoms with Gasteiger partial charge in [0.05, 0.1) is 11.9 Å². The fraction of sp³-hybridized carbons (Fsp3) is 0.520. The molecule has 4 rings (SSSR count). The number of aliphatic hydroxyl groups is 1. The maximum atomic E-state index is 12.1. The van der Waals surface area contributed by atoms with Crippen molar-refractivity contribution in [3.8, 4) is 0 Å². The van der Waals surface area contributed by atoms with Crippen molar-refractivity contribution in [1.29, 1.82) is 0 Å². The van der Waals surface area contributed by atoms with Gasteiger partial charge in [-0.15, -0.1) is 0 Å². The van der Waals surface area contributed by atoms with Gasteiger partial charge in [-0.1, -0.05) is 35.4 Å². The fourth-order valence-corrected chi connectivity index (χ4v) is 5.15. The SMILES string of the molecule is CN1CCN(CC2CCC/C(=C/c3ccco3)CC2(O)Cc2ccccc2Cl)CC1. The summed E-state index contributed by atoms with van der Waals surface area (Å²) in [6.07, 6.45) is 8.20. The van der Waals surface area contributed by atoms with Gasteiger partial charge in [0.1, 0.15) is 5.76 Å². The number of benzene rings is 1. The summed E-state index contributed by atoms with van der Waals surface area (Å²) in [5, 5.41) is 12.8. The van der Waals surface area contributed by atoms with E-state index in [4.69, 9.17) is 16.0 Å². The molecule has 1 saturated carbocycles. The van der Waals surface area contributed by atoms with Gasteiger partial charge in [0.25, 0.3) is 0 Å². The lowest BCUT2D eigenvalue weighted by Gasteiger charge is -2.41. The monoisotopic (exact) mass is 428 g/mol. The molecule has 2 aromatic rings. The van der Waals surface area contributed by atoms with E-state index in [1.165, 1.54) is 5.57 Å². The first-order valence-electron chi connectivity index (χ1n) is 11.1. The second-order valence-corrected chi connectivity index (χ2v) is 9.47. The summed E-state index contributed by atoms with van der Waals surface area (Å²) in [4.78, 5) is 4.91. The highest BCUT2D eigenvalue weighted by atomic mass is 35.5. The average molecular weight is 429 g/mol. The standard InChI is InChI=1S/C25H33ClN2O2/c1-27-11-13-28(14-12-27)19-22-8-4-6-20(16-23-9-5-15-30-23)17-25(22,29)18-21-7-2-3-10-24(21)26/h2-3,5,7,9-10,15-16,22,29H,4,6,8,11-14,17-19H2,1H3/b20-16-. The first-order valence-corrected chi connectivity index (χ1v) is 11.5. The molecule has 0 radical (unpaired) electrons. The molecule has 2 unspecified atom stereocenters. The highest BCUT2D eigenvalue weighted by molar-refractivity contribution is 6.31. The van der Waals surface area contributed by atoms with E-state index < -0.39 is 5.60 Å². The Balaban J connectivity index is 1.59. The molecule has 2 atom stereocenters. The van der Waals surface area contributed by atoms with E-state index in [0.29, 0.717) is 12.8 Å². The van der Waals surface area contributed by atoms with Gasteiger partial charge in [-0.2, -0.15) is 0 Å². The Morgan fingerprint density at radius 2 is 1.97 bits per heavy atom. The van der Waals surface area contributed by atoms with Gasteiger partial charge >= 0.3 is 0 Å². The number of hydrogen-bond acceptors (Lipinski definition) is 4. The van der Waals surface area contributed by atoms with Crippen molar-refractivity contribution >= 4 is 17.7 Å². The summed E-state index contributed by atoms with van der Waals surface area (Å²) >= 11 is 6.50. The molecule has 1 saturated heterocycles. The summed E-state index contributed by atoms with van der Waals surface area (Å²) in [5.74, 6) is 1.09. The zero-order valence-corrected chi connectivity index (χ0v) is 18.7. The van der Waals surface area contributed by atoms with Crippen LogP contribution in [-0.2, 0) is 6.42 Å². The molecule has 30 heavy (non-hydrogen) atoms. The molecular formula is C25H33ClN2O2. The first-order chi connectivity index (χ1) is 14.5. The molecule has 0 spiro atoms. The zero-order valence-electron chi connectivity index (χ0n) is 17.9. The molecular weight excluding hydrogens is 396 g/mol. The van der Waals surface area contributed by atoms with E-state index in [-0.39, 0.29) is 5.92 Å². The Morgan fingerprint density at radius 1 is 1.17 bits per heavy atom. The number of halogens is 1. The maximum absolute atomic E-state index is 12.1. The quantitative estimate of drug-likeness (QED) is 0.699. The molecule has 1 aliphatic heterocycles. The lowest BCUT2D eigenvalue weighted by atomic mass is 9.77. The summed E-state index contributed by atoms with van der Waals surface area (Å²) in [6.45, 7) is 5.29. The molecule has 2 fully saturated rings. The number of piperazine rings is 1. The van der Waals surface area contributed by atoms with Gasteiger partial charge in [-0.05, 0) is 62.6 Å². The molecule has 5 heteroatoms. The molecule has 162 valence electrons. The van der Waals surface area contributed by atoms with Crippen LogP contribution in [0.15, 0.2) is 52.7 Å². The van der Waals surface area contributed by atoms with Crippen molar-refractivity contribution in [2.75, 3.05) is 39.8 Å². The van der Waals surface area contributed by atoms with E-state index in [2.05, 4.69) is 22.9 Å². The number of rotatable bonds is 5. The van der Waals surface area contributed by atoms with Crippen LogP contribution in [0.4, 0.5) is 0 Å². The predicted octanol–water partition coefficient (Wildman–Crippen LogP) is 4.73. The average Bonchev–Trinajstić information content (AvgIpc) is 3.18. The third-order valence-corrected chi connectivity index (χ3v) is 7.13. The van der Waals surface area contributed by atoms with E-state index in [1.807, 2.05) is 36.4 Å². The maximum Gasteiger partial charge on any atom is 0.126 e. The molecule has 1 aliphatic carbocycles. The van der Waals surface area contributed by atoms with Crippen molar-refractivity contribution in [3.63, 3.8) is 0 Å². The van der Waals surface area contributed by atoms with Crippen molar-refractivity contribution in [2.45, 2.75) is 37.7 Å². The minimum absolute atomic E-state index is 0.222. The Kier molecular flexibility index (Phi) is 6.99. The smallest absolute Gasteiger partial charge is 0.126 e. The molecule has 4 nitrogen and oxygen atoms in total. The fourth-order valence-electron chi connectivity index (χ4n) is 4.95. The van der Waals surface area contributed by atoms with Gasteiger partial charge < -0.3 is 19.3 Å². The molecule has 0 amide bonds. The largest absolute Gasteiger partial charge is 0.465 e. The molecule has 0 bridgehead atoms. The third kappa shape index (κ3) is 5.36. The number of furan rings is 1. The normalized spacial score (nSPS) is 28.0. The van der Waals surface area contributed by atoms with Gasteiger partial charge in [-0.25, -0.2) is 0 Å². The zero-order chi connectivity index (χ0) is 21.0. The summed E-state index contributed by atoms with van der Waals surface area (Å²) < 4.78 is 5.55. The van der Waals surface area contributed by atoms with Gasteiger partial charge in [0, 0.05) is 50.1 Å². The van der Waals surface area contributed by atoms with Crippen molar-refractivity contribution in [3.05, 3.63) is 64.6 Å². The second kappa shape index (κ2) is 9.69. The lowest BCUT2D eigenvalue weighted by molar-refractivity contribution is -0.0347. The van der Waals surface area contributed by atoms with Crippen molar-refractivity contribution in [2.24, 2.45) is 5.92 Å². The summed E-state index contributed by atoms with van der Waals surface area (Å²) in [7, 11) is 2.18.